The molecule has 1 aromatic heterocycles. The van der Waals surface area contributed by atoms with Crippen LogP contribution in [0.3, 0.4) is 0 Å². The Morgan fingerprint density at radius 2 is 1.77 bits per heavy atom. The molecule has 0 spiro atoms. The fourth-order valence-corrected chi connectivity index (χ4v) is 3.10. The maximum atomic E-state index is 13.0. The lowest BCUT2D eigenvalue weighted by Gasteiger charge is -2.02. The van der Waals surface area contributed by atoms with Crippen molar-refractivity contribution >= 4 is 23.4 Å². The number of aromatic amines is 1. The van der Waals surface area contributed by atoms with Crippen LogP contribution in [0, 0.1) is 11.6 Å². The van der Waals surface area contributed by atoms with Gasteiger partial charge in [-0.05, 0) is 47.5 Å². The van der Waals surface area contributed by atoms with E-state index < -0.39 is 0 Å². The van der Waals surface area contributed by atoms with Crippen molar-refractivity contribution in [3.8, 4) is 11.3 Å². The van der Waals surface area contributed by atoms with Gasteiger partial charge in [0.25, 0.3) is 0 Å². The predicted molar refractivity (Wildman–Crippen MR) is 85.0 cm³/mol. The third-order valence-electron chi connectivity index (χ3n) is 3.09. The van der Waals surface area contributed by atoms with Crippen LogP contribution in [0.5, 0.6) is 0 Å². The summed E-state index contributed by atoms with van der Waals surface area (Å²) in [6, 6.07) is 10.5. The van der Waals surface area contributed by atoms with Crippen LogP contribution in [0.15, 0.2) is 53.8 Å². The van der Waals surface area contributed by atoms with E-state index in [0.717, 1.165) is 22.0 Å². The van der Waals surface area contributed by atoms with Gasteiger partial charge in [0, 0.05) is 10.8 Å². The third-order valence-corrected chi connectivity index (χ3v) is 4.38. The van der Waals surface area contributed by atoms with Gasteiger partial charge in [0.05, 0.1) is 11.9 Å². The van der Waals surface area contributed by atoms with E-state index in [1.165, 1.54) is 36.0 Å². The topological polar surface area (TPSA) is 28.7 Å². The molecule has 1 heterocycles. The number of imidazole rings is 1. The van der Waals surface area contributed by atoms with E-state index in [0.29, 0.717) is 10.8 Å². The second kappa shape index (κ2) is 6.50. The third kappa shape index (κ3) is 3.48. The molecule has 6 heteroatoms. The minimum Gasteiger partial charge on any atom is -0.333 e. The minimum atomic E-state index is -0.352. The second-order valence-corrected chi connectivity index (χ2v) is 6.00. The first kappa shape index (κ1) is 15.1. The van der Waals surface area contributed by atoms with Gasteiger partial charge in [-0.2, -0.15) is 0 Å². The lowest BCUT2D eigenvalue weighted by atomic mass is 10.2. The van der Waals surface area contributed by atoms with Crippen LogP contribution in [0.4, 0.5) is 8.78 Å². The molecular formula is C16H11ClF2N2S. The molecule has 0 unspecified atom stereocenters. The van der Waals surface area contributed by atoms with Crippen molar-refractivity contribution in [3.63, 3.8) is 0 Å². The van der Waals surface area contributed by atoms with Gasteiger partial charge >= 0.3 is 0 Å². The Labute approximate surface area is 135 Å². The summed E-state index contributed by atoms with van der Waals surface area (Å²) in [6.07, 6.45) is 1.70. The highest BCUT2D eigenvalue weighted by Crippen LogP contribution is 2.27. The fraction of sp³-hybridized carbons (Fsp3) is 0.0625. The standard InChI is InChI=1S/C16H11ClF2N2S/c17-14-7-13(19)6-3-11(14)9-22-16-20-8-15(21-16)10-1-4-12(18)5-2-10/h1-8H,9H2,(H,20,21). The van der Waals surface area contributed by atoms with E-state index in [9.17, 15) is 8.78 Å². The fourth-order valence-electron chi connectivity index (χ4n) is 1.94. The number of nitrogens with one attached hydrogen (secondary N) is 1. The quantitative estimate of drug-likeness (QED) is 0.655. The molecule has 0 radical (unpaired) electrons. The summed E-state index contributed by atoms with van der Waals surface area (Å²) in [4.78, 5) is 7.44. The summed E-state index contributed by atoms with van der Waals surface area (Å²) in [6.45, 7) is 0. The number of H-pyrrole nitrogens is 1. The molecule has 2 aromatic carbocycles. The van der Waals surface area contributed by atoms with Gasteiger partial charge in [-0.1, -0.05) is 29.4 Å². The van der Waals surface area contributed by atoms with Crippen molar-refractivity contribution in [2.75, 3.05) is 0 Å². The maximum Gasteiger partial charge on any atom is 0.166 e. The average Bonchev–Trinajstić information content (AvgIpc) is 2.96. The molecule has 0 aliphatic carbocycles. The summed E-state index contributed by atoms with van der Waals surface area (Å²) in [5.74, 6) is -0.0469. The van der Waals surface area contributed by atoms with Crippen LogP contribution in [0.25, 0.3) is 11.3 Å². The van der Waals surface area contributed by atoms with Gasteiger partial charge in [-0.3, -0.25) is 0 Å². The van der Waals surface area contributed by atoms with Crippen LogP contribution in [0.1, 0.15) is 5.56 Å². The number of halogens is 3. The summed E-state index contributed by atoms with van der Waals surface area (Å²) >= 11 is 7.46. The van der Waals surface area contributed by atoms with E-state index in [1.54, 1.807) is 24.4 Å². The van der Waals surface area contributed by atoms with Gasteiger partial charge in [-0.25, -0.2) is 13.8 Å². The van der Waals surface area contributed by atoms with Crippen molar-refractivity contribution in [1.29, 1.82) is 0 Å². The molecule has 1 N–H and O–H groups in total. The Morgan fingerprint density at radius 3 is 2.50 bits per heavy atom. The highest BCUT2D eigenvalue weighted by molar-refractivity contribution is 7.98. The zero-order valence-corrected chi connectivity index (χ0v) is 12.9. The number of aromatic nitrogens is 2. The lowest BCUT2D eigenvalue weighted by Crippen LogP contribution is -1.85. The molecule has 112 valence electrons. The number of benzene rings is 2. The first-order chi connectivity index (χ1) is 10.6. The zero-order chi connectivity index (χ0) is 15.5. The molecule has 0 bridgehead atoms. The first-order valence-electron chi connectivity index (χ1n) is 6.49. The first-order valence-corrected chi connectivity index (χ1v) is 7.86. The SMILES string of the molecule is Fc1ccc(-c2cnc(SCc3ccc(F)cc3Cl)[nH]2)cc1. The van der Waals surface area contributed by atoms with Gasteiger partial charge in [0.2, 0.25) is 0 Å². The van der Waals surface area contributed by atoms with Crippen molar-refractivity contribution < 1.29 is 8.78 Å². The maximum absolute atomic E-state index is 13.0. The Balaban J connectivity index is 1.70. The minimum absolute atomic E-state index is 0.274. The second-order valence-electron chi connectivity index (χ2n) is 4.63. The van der Waals surface area contributed by atoms with Crippen molar-refractivity contribution in [3.05, 3.63) is 70.9 Å². The number of hydrogen-bond acceptors (Lipinski definition) is 2. The monoisotopic (exact) mass is 336 g/mol. The smallest absolute Gasteiger partial charge is 0.166 e. The van der Waals surface area contributed by atoms with E-state index in [2.05, 4.69) is 9.97 Å². The molecule has 2 nitrogen and oxygen atoms in total. The molecule has 22 heavy (non-hydrogen) atoms. The molecule has 0 aliphatic heterocycles. The number of rotatable bonds is 4. The Hall–Kier alpha value is -1.85. The highest BCUT2D eigenvalue weighted by atomic mass is 35.5. The number of nitrogens with zero attached hydrogens (tertiary/aromatic N) is 1. The van der Waals surface area contributed by atoms with Gasteiger partial charge in [-0.15, -0.1) is 0 Å². The van der Waals surface area contributed by atoms with Crippen LogP contribution >= 0.6 is 23.4 Å². The zero-order valence-electron chi connectivity index (χ0n) is 11.3. The van der Waals surface area contributed by atoms with Crippen LogP contribution in [0.2, 0.25) is 5.02 Å². The van der Waals surface area contributed by atoms with E-state index >= 15 is 0 Å². The van der Waals surface area contributed by atoms with Crippen LogP contribution < -0.4 is 0 Å². The summed E-state index contributed by atoms with van der Waals surface area (Å²) in [5.41, 5.74) is 2.51. The molecule has 0 amide bonds. The number of thioether (sulfide) groups is 1. The molecular weight excluding hydrogens is 326 g/mol. The molecule has 0 saturated heterocycles. The van der Waals surface area contributed by atoms with E-state index in [1.807, 2.05) is 0 Å². The number of hydrogen-bond donors (Lipinski definition) is 1. The normalized spacial score (nSPS) is 10.9. The summed E-state index contributed by atoms with van der Waals surface area (Å²) < 4.78 is 25.9. The molecule has 0 saturated carbocycles. The predicted octanol–water partition coefficient (Wildman–Crippen LogP) is 5.30. The Kier molecular flexibility index (Phi) is 4.45. The molecule has 0 atom stereocenters. The largest absolute Gasteiger partial charge is 0.333 e. The molecule has 3 rings (SSSR count). The van der Waals surface area contributed by atoms with Crippen LogP contribution in [-0.4, -0.2) is 9.97 Å². The highest BCUT2D eigenvalue weighted by Gasteiger charge is 2.07. The van der Waals surface area contributed by atoms with Crippen molar-refractivity contribution in [1.82, 2.24) is 9.97 Å². The summed E-state index contributed by atoms with van der Waals surface area (Å²) in [5, 5.41) is 1.12. The van der Waals surface area contributed by atoms with E-state index in [4.69, 9.17) is 11.6 Å². The van der Waals surface area contributed by atoms with Crippen molar-refractivity contribution in [2.45, 2.75) is 10.9 Å². The van der Waals surface area contributed by atoms with Crippen molar-refractivity contribution in [2.24, 2.45) is 0 Å². The molecule has 0 aliphatic rings. The van der Waals surface area contributed by atoms with Gasteiger partial charge < -0.3 is 4.98 Å². The van der Waals surface area contributed by atoms with Gasteiger partial charge in [0.15, 0.2) is 5.16 Å². The molecule has 0 fully saturated rings. The Bertz CT molecular complexity index is 787. The lowest BCUT2D eigenvalue weighted by molar-refractivity contribution is 0.627. The van der Waals surface area contributed by atoms with Crippen LogP contribution in [-0.2, 0) is 5.75 Å². The van der Waals surface area contributed by atoms with E-state index in [-0.39, 0.29) is 11.6 Å². The molecule has 3 aromatic rings. The van der Waals surface area contributed by atoms with Gasteiger partial charge in [0.1, 0.15) is 11.6 Å². The summed E-state index contributed by atoms with van der Waals surface area (Å²) in [7, 11) is 0. The Morgan fingerprint density at radius 1 is 1.05 bits per heavy atom. The average molecular weight is 337 g/mol.